The smallest absolute Gasteiger partial charge is 0.246 e. The van der Waals surface area contributed by atoms with Crippen molar-refractivity contribution in [2.75, 3.05) is 31.9 Å². The lowest BCUT2D eigenvalue weighted by Gasteiger charge is -2.37. The average Bonchev–Trinajstić information content (AvgIpc) is 3.23. The number of amides is 2. The lowest BCUT2D eigenvalue weighted by molar-refractivity contribution is -0.144. The first-order chi connectivity index (χ1) is 14.1. The summed E-state index contributed by atoms with van der Waals surface area (Å²) < 4.78 is 27.5. The van der Waals surface area contributed by atoms with Gasteiger partial charge < -0.3 is 9.80 Å². The quantitative estimate of drug-likeness (QED) is 0.701. The second-order valence-corrected chi connectivity index (χ2v) is 12.2. The molecule has 7 nitrogen and oxygen atoms in total. The molecule has 164 valence electrons. The minimum atomic E-state index is -3.58. The first kappa shape index (κ1) is 21.6. The molecule has 0 saturated carbocycles. The first-order valence-electron chi connectivity index (χ1n) is 10.5. The molecule has 3 aliphatic heterocycles. The van der Waals surface area contributed by atoms with E-state index >= 15 is 0 Å². The van der Waals surface area contributed by atoms with E-state index < -0.39 is 16.1 Å². The highest BCUT2D eigenvalue weighted by Gasteiger charge is 2.53. The van der Waals surface area contributed by atoms with Crippen LogP contribution in [0, 0.1) is 0 Å². The molecule has 0 aromatic heterocycles. The number of sulfonamides is 1. The Morgan fingerprint density at radius 2 is 1.77 bits per heavy atom. The summed E-state index contributed by atoms with van der Waals surface area (Å²) in [5.41, 5.74) is 1.10. The van der Waals surface area contributed by atoms with Crippen LogP contribution >= 0.6 is 11.8 Å². The highest BCUT2D eigenvalue weighted by Crippen LogP contribution is 2.47. The van der Waals surface area contributed by atoms with Crippen LogP contribution in [0.15, 0.2) is 29.2 Å². The zero-order valence-electron chi connectivity index (χ0n) is 17.7. The highest BCUT2D eigenvalue weighted by atomic mass is 32.2. The van der Waals surface area contributed by atoms with Gasteiger partial charge in [0.05, 0.1) is 9.77 Å². The Balaban J connectivity index is 1.41. The molecule has 2 amide bonds. The fourth-order valence-electron chi connectivity index (χ4n) is 4.54. The third-order valence-corrected chi connectivity index (χ3v) is 9.88. The number of fused-ring (bicyclic) bond motifs is 1. The van der Waals surface area contributed by atoms with Gasteiger partial charge in [-0.1, -0.05) is 26.0 Å². The number of benzene rings is 1. The molecular formula is C21H29N3O4S2. The minimum absolute atomic E-state index is 0.0481. The van der Waals surface area contributed by atoms with E-state index in [1.54, 1.807) is 33.7 Å². The van der Waals surface area contributed by atoms with Crippen LogP contribution in [-0.4, -0.2) is 77.2 Å². The van der Waals surface area contributed by atoms with Crippen LogP contribution in [-0.2, 0) is 19.6 Å². The topological polar surface area (TPSA) is 78.0 Å². The number of thioether (sulfide) groups is 1. The van der Waals surface area contributed by atoms with E-state index in [-0.39, 0.29) is 34.7 Å². The van der Waals surface area contributed by atoms with Crippen LogP contribution < -0.4 is 0 Å². The van der Waals surface area contributed by atoms with Crippen molar-refractivity contribution in [1.29, 1.82) is 0 Å². The van der Waals surface area contributed by atoms with E-state index in [9.17, 15) is 18.0 Å². The summed E-state index contributed by atoms with van der Waals surface area (Å²) in [6.45, 7) is 7.41. The highest BCUT2D eigenvalue weighted by molar-refractivity contribution is 8.01. The molecule has 0 radical (unpaired) electrons. The molecule has 3 heterocycles. The number of piperazine rings is 1. The lowest BCUT2D eigenvalue weighted by Crippen LogP contribution is -2.56. The fraction of sp³-hybridized carbons (Fsp3) is 0.619. The van der Waals surface area contributed by atoms with Crippen molar-refractivity contribution in [3.05, 3.63) is 29.8 Å². The Labute approximate surface area is 182 Å². The molecule has 3 saturated heterocycles. The number of carbonyl (C=O) groups excluding carboxylic acids is 2. The maximum atomic E-state index is 13.1. The Hall–Kier alpha value is -1.58. The summed E-state index contributed by atoms with van der Waals surface area (Å²) in [7, 11) is -3.58. The average molecular weight is 452 g/mol. The van der Waals surface area contributed by atoms with Crippen LogP contribution in [0.2, 0.25) is 0 Å². The van der Waals surface area contributed by atoms with Gasteiger partial charge in [0.1, 0.15) is 6.04 Å². The molecule has 0 N–H and O–H groups in total. The number of hydrogen-bond donors (Lipinski definition) is 0. The van der Waals surface area contributed by atoms with Crippen LogP contribution in [0.5, 0.6) is 0 Å². The fourth-order valence-corrected chi connectivity index (χ4v) is 7.38. The van der Waals surface area contributed by atoms with Crippen molar-refractivity contribution in [3.8, 4) is 0 Å². The van der Waals surface area contributed by atoms with Gasteiger partial charge in [-0.05, 0) is 37.0 Å². The minimum Gasteiger partial charge on any atom is -0.338 e. The standard InChI is InChI=1S/C21H29N3O4S2/c1-15(2)16-4-6-17(7-5-16)30(27,28)23-12-10-22(11-13-23)20(26)18-14-29-21(3)9-8-19(25)24(18)21/h4-7,15,18H,8-14H2,1-3H3. The predicted molar refractivity (Wildman–Crippen MR) is 117 cm³/mol. The van der Waals surface area contributed by atoms with Crippen molar-refractivity contribution in [1.82, 2.24) is 14.1 Å². The monoisotopic (exact) mass is 451 g/mol. The summed E-state index contributed by atoms with van der Waals surface area (Å²) in [5, 5.41) is 0. The maximum absolute atomic E-state index is 13.1. The number of carbonyl (C=O) groups is 2. The van der Waals surface area contributed by atoms with Gasteiger partial charge in [0.15, 0.2) is 0 Å². The van der Waals surface area contributed by atoms with Gasteiger partial charge in [-0.15, -0.1) is 11.8 Å². The SMILES string of the molecule is CC(C)c1ccc(S(=O)(=O)N2CCN(C(=O)C3CSC4(C)CCC(=O)N34)CC2)cc1. The Morgan fingerprint density at radius 1 is 1.13 bits per heavy atom. The molecule has 1 aromatic rings. The van der Waals surface area contributed by atoms with Crippen molar-refractivity contribution in [2.45, 2.75) is 55.3 Å². The molecule has 2 unspecified atom stereocenters. The molecule has 0 aliphatic carbocycles. The van der Waals surface area contributed by atoms with Crippen LogP contribution in [0.25, 0.3) is 0 Å². The molecule has 4 rings (SSSR count). The molecule has 0 bridgehead atoms. The van der Waals surface area contributed by atoms with Crippen molar-refractivity contribution in [3.63, 3.8) is 0 Å². The van der Waals surface area contributed by atoms with Gasteiger partial charge in [0.25, 0.3) is 0 Å². The largest absolute Gasteiger partial charge is 0.338 e. The van der Waals surface area contributed by atoms with Gasteiger partial charge in [-0.25, -0.2) is 8.42 Å². The maximum Gasteiger partial charge on any atom is 0.246 e. The van der Waals surface area contributed by atoms with Gasteiger partial charge in [-0.3, -0.25) is 9.59 Å². The summed E-state index contributed by atoms with van der Waals surface area (Å²) in [4.78, 5) is 28.9. The molecule has 9 heteroatoms. The molecule has 1 aromatic carbocycles. The summed E-state index contributed by atoms with van der Waals surface area (Å²) in [6, 6.07) is 6.62. The van der Waals surface area contributed by atoms with E-state index in [0.29, 0.717) is 31.2 Å². The molecule has 3 aliphatic rings. The van der Waals surface area contributed by atoms with Crippen LogP contribution in [0.1, 0.15) is 45.1 Å². The summed E-state index contributed by atoms with van der Waals surface area (Å²) in [5.74, 6) is 0.947. The molecule has 30 heavy (non-hydrogen) atoms. The van der Waals surface area contributed by atoms with Gasteiger partial charge in [0, 0.05) is 38.4 Å². The molecule has 0 spiro atoms. The molecular weight excluding hydrogens is 422 g/mol. The van der Waals surface area contributed by atoms with E-state index in [1.807, 2.05) is 19.1 Å². The summed E-state index contributed by atoms with van der Waals surface area (Å²) in [6.07, 6.45) is 1.27. The predicted octanol–water partition coefficient (Wildman–Crippen LogP) is 2.10. The van der Waals surface area contributed by atoms with Gasteiger partial charge >= 0.3 is 0 Å². The van der Waals surface area contributed by atoms with Crippen LogP contribution in [0.3, 0.4) is 0 Å². The zero-order valence-corrected chi connectivity index (χ0v) is 19.3. The third kappa shape index (κ3) is 3.65. The molecule has 2 atom stereocenters. The Bertz CT molecular complexity index is 940. The second kappa shape index (κ2) is 7.84. The van der Waals surface area contributed by atoms with Crippen molar-refractivity contribution >= 4 is 33.6 Å². The number of nitrogens with zero attached hydrogens (tertiary/aromatic N) is 3. The number of hydrogen-bond acceptors (Lipinski definition) is 5. The Morgan fingerprint density at radius 3 is 2.37 bits per heavy atom. The van der Waals surface area contributed by atoms with E-state index in [2.05, 4.69) is 13.8 Å². The first-order valence-corrected chi connectivity index (χ1v) is 12.9. The Kier molecular flexibility index (Phi) is 5.65. The van der Waals surface area contributed by atoms with Gasteiger partial charge in [0.2, 0.25) is 21.8 Å². The number of rotatable bonds is 4. The van der Waals surface area contributed by atoms with E-state index in [4.69, 9.17) is 0 Å². The summed E-state index contributed by atoms with van der Waals surface area (Å²) >= 11 is 1.68. The normalized spacial score (nSPS) is 27.7. The third-order valence-electron chi connectivity index (χ3n) is 6.46. The van der Waals surface area contributed by atoms with Gasteiger partial charge in [-0.2, -0.15) is 4.31 Å². The molecule has 3 fully saturated rings. The lowest BCUT2D eigenvalue weighted by atomic mass is 10.0. The van der Waals surface area contributed by atoms with Crippen molar-refractivity contribution in [2.24, 2.45) is 0 Å². The van der Waals surface area contributed by atoms with Crippen molar-refractivity contribution < 1.29 is 18.0 Å². The van der Waals surface area contributed by atoms with E-state index in [0.717, 1.165) is 12.0 Å². The second-order valence-electron chi connectivity index (χ2n) is 8.72. The van der Waals surface area contributed by atoms with Crippen LogP contribution in [0.4, 0.5) is 0 Å². The van der Waals surface area contributed by atoms with E-state index in [1.165, 1.54) is 4.31 Å². The zero-order chi connectivity index (χ0) is 21.7.